The van der Waals surface area contributed by atoms with Crippen molar-refractivity contribution >= 4 is 28.5 Å². The van der Waals surface area contributed by atoms with Crippen molar-refractivity contribution in [3.8, 4) is 0 Å². The number of hydrogen-bond donors (Lipinski definition) is 2. The van der Waals surface area contributed by atoms with E-state index in [1.165, 1.54) is 16.2 Å². The van der Waals surface area contributed by atoms with E-state index >= 15 is 0 Å². The molecule has 1 aromatic heterocycles. The van der Waals surface area contributed by atoms with E-state index in [1.54, 1.807) is 11.8 Å². The summed E-state index contributed by atoms with van der Waals surface area (Å²) in [7, 11) is 0. The van der Waals surface area contributed by atoms with Crippen molar-refractivity contribution in [2.24, 2.45) is 5.41 Å². The molecule has 3 heterocycles. The lowest BCUT2D eigenvalue weighted by Gasteiger charge is -2.20. The van der Waals surface area contributed by atoms with Gasteiger partial charge in [0.05, 0.1) is 5.41 Å². The summed E-state index contributed by atoms with van der Waals surface area (Å²) >= 11 is 1.49. The van der Waals surface area contributed by atoms with Crippen LogP contribution in [0.5, 0.6) is 0 Å². The standard InChI is InChI=1S/C15H21N3O4S/c1-15(12(19)20)4-5-18(9-15)14(21)17-13-16-8-11(23-13)10-2-6-22-7-3-10/h8,10H,2-7,9H2,1H3,(H,19,20)(H,16,17,21). The lowest BCUT2D eigenvalue weighted by molar-refractivity contribution is -0.146. The molecule has 1 atom stereocenters. The minimum Gasteiger partial charge on any atom is -0.481 e. The number of carbonyl (C=O) groups is 2. The highest BCUT2D eigenvalue weighted by Gasteiger charge is 2.42. The zero-order chi connectivity index (χ0) is 16.4. The Morgan fingerprint density at radius 2 is 2.22 bits per heavy atom. The van der Waals surface area contributed by atoms with Crippen molar-refractivity contribution in [3.05, 3.63) is 11.1 Å². The summed E-state index contributed by atoms with van der Waals surface area (Å²) in [6.07, 6.45) is 4.26. The first-order valence-corrected chi connectivity index (χ1v) is 8.62. The number of nitrogens with zero attached hydrogens (tertiary/aromatic N) is 2. The number of carboxylic acids is 1. The molecule has 0 saturated carbocycles. The Hall–Kier alpha value is -1.67. The molecule has 2 aliphatic heterocycles. The number of likely N-dealkylation sites (tertiary alicyclic amines) is 1. The summed E-state index contributed by atoms with van der Waals surface area (Å²) in [5.41, 5.74) is -0.854. The molecule has 0 aromatic carbocycles. The van der Waals surface area contributed by atoms with Crippen LogP contribution in [-0.4, -0.2) is 53.3 Å². The topological polar surface area (TPSA) is 91.8 Å². The Kier molecular flexibility index (Phi) is 4.54. The molecule has 0 aliphatic carbocycles. The predicted octanol–water partition coefficient (Wildman–Crippen LogP) is 2.37. The summed E-state index contributed by atoms with van der Waals surface area (Å²) in [6, 6.07) is -0.275. The zero-order valence-electron chi connectivity index (χ0n) is 13.1. The highest BCUT2D eigenvalue weighted by molar-refractivity contribution is 7.15. The molecule has 2 aliphatic rings. The van der Waals surface area contributed by atoms with Gasteiger partial charge in [0.2, 0.25) is 0 Å². The number of thiazole rings is 1. The van der Waals surface area contributed by atoms with E-state index in [9.17, 15) is 14.7 Å². The van der Waals surface area contributed by atoms with Gasteiger partial charge in [-0.2, -0.15) is 0 Å². The predicted molar refractivity (Wildman–Crippen MR) is 85.9 cm³/mol. The van der Waals surface area contributed by atoms with Crippen LogP contribution in [0.3, 0.4) is 0 Å². The van der Waals surface area contributed by atoms with Crippen LogP contribution in [0.25, 0.3) is 0 Å². The molecule has 2 saturated heterocycles. The fraction of sp³-hybridized carbons (Fsp3) is 0.667. The van der Waals surface area contributed by atoms with Crippen LogP contribution in [0, 0.1) is 5.41 Å². The summed E-state index contributed by atoms with van der Waals surface area (Å²) in [6.45, 7) is 3.89. The van der Waals surface area contributed by atoms with E-state index < -0.39 is 11.4 Å². The van der Waals surface area contributed by atoms with Crippen LogP contribution in [0.1, 0.15) is 37.0 Å². The Morgan fingerprint density at radius 1 is 1.48 bits per heavy atom. The van der Waals surface area contributed by atoms with Gasteiger partial charge in [-0.25, -0.2) is 9.78 Å². The Balaban J connectivity index is 1.58. The second kappa shape index (κ2) is 6.45. The van der Waals surface area contributed by atoms with Crippen LogP contribution >= 0.6 is 11.3 Å². The van der Waals surface area contributed by atoms with Crippen LogP contribution in [0.15, 0.2) is 6.20 Å². The number of anilines is 1. The molecule has 7 nitrogen and oxygen atoms in total. The van der Waals surface area contributed by atoms with Crippen LogP contribution in [0.2, 0.25) is 0 Å². The molecule has 0 bridgehead atoms. The van der Waals surface area contributed by atoms with Gasteiger partial charge in [0.1, 0.15) is 0 Å². The van der Waals surface area contributed by atoms with Crippen LogP contribution in [0.4, 0.5) is 9.93 Å². The number of nitrogens with one attached hydrogen (secondary N) is 1. The van der Waals surface area contributed by atoms with Crippen LogP contribution in [-0.2, 0) is 9.53 Å². The monoisotopic (exact) mass is 339 g/mol. The fourth-order valence-electron chi connectivity index (χ4n) is 2.99. The summed E-state index contributed by atoms with van der Waals surface area (Å²) < 4.78 is 5.36. The number of aromatic nitrogens is 1. The Labute approximate surface area is 138 Å². The van der Waals surface area contributed by atoms with Gasteiger partial charge in [-0.15, -0.1) is 11.3 Å². The van der Waals surface area contributed by atoms with Crippen molar-refractivity contribution in [1.29, 1.82) is 0 Å². The molecule has 0 radical (unpaired) electrons. The molecule has 1 aromatic rings. The van der Waals surface area contributed by atoms with E-state index in [2.05, 4.69) is 10.3 Å². The maximum Gasteiger partial charge on any atom is 0.323 e. The maximum absolute atomic E-state index is 12.3. The second-order valence-corrected chi connectivity index (χ2v) is 7.48. The first-order valence-electron chi connectivity index (χ1n) is 7.81. The van der Waals surface area contributed by atoms with E-state index in [0.29, 0.717) is 24.0 Å². The third-order valence-electron chi connectivity index (χ3n) is 4.64. The Bertz CT molecular complexity index is 599. The molecule has 1 unspecified atom stereocenters. The third-order valence-corrected chi connectivity index (χ3v) is 5.71. The molecular weight excluding hydrogens is 318 g/mol. The number of carboxylic acid groups (broad SMARTS) is 1. The van der Waals surface area contributed by atoms with Crippen molar-refractivity contribution in [2.45, 2.75) is 32.1 Å². The number of ether oxygens (including phenoxy) is 1. The molecule has 8 heteroatoms. The number of hydrogen-bond acceptors (Lipinski definition) is 5. The van der Waals surface area contributed by atoms with Gasteiger partial charge < -0.3 is 14.7 Å². The number of aliphatic carboxylic acids is 1. The van der Waals surface area contributed by atoms with Gasteiger partial charge in [-0.05, 0) is 32.1 Å². The summed E-state index contributed by atoms with van der Waals surface area (Å²) in [5, 5.41) is 12.6. The molecular formula is C15H21N3O4S. The van der Waals surface area contributed by atoms with Crippen LogP contribution < -0.4 is 5.32 Å². The smallest absolute Gasteiger partial charge is 0.323 e. The molecule has 126 valence electrons. The SMILES string of the molecule is CC1(C(=O)O)CCN(C(=O)Nc2ncc(C3CCOCC3)s2)C1. The summed E-state index contributed by atoms with van der Waals surface area (Å²) in [4.78, 5) is 30.5. The molecule has 23 heavy (non-hydrogen) atoms. The number of rotatable bonds is 3. The van der Waals surface area contributed by atoms with Crippen molar-refractivity contribution in [3.63, 3.8) is 0 Å². The minimum absolute atomic E-state index is 0.229. The van der Waals surface area contributed by atoms with E-state index in [4.69, 9.17) is 4.74 Å². The fourth-order valence-corrected chi connectivity index (χ4v) is 3.97. The quantitative estimate of drug-likeness (QED) is 0.882. The molecule has 0 spiro atoms. The maximum atomic E-state index is 12.3. The number of amides is 2. The Morgan fingerprint density at radius 3 is 2.87 bits per heavy atom. The first-order chi connectivity index (χ1) is 11.0. The van der Waals surface area contributed by atoms with E-state index in [0.717, 1.165) is 26.1 Å². The van der Waals surface area contributed by atoms with Crippen molar-refractivity contribution in [1.82, 2.24) is 9.88 Å². The second-order valence-electron chi connectivity index (χ2n) is 6.42. The largest absolute Gasteiger partial charge is 0.481 e. The molecule has 2 N–H and O–H groups in total. The van der Waals surface area contributed by atoms with Crippen molar-refractivity contribution in [2.75, 3.05) is 31.6 Å². The van der Waals surface area contributed by atoms with Crippen molar-refractivity contribution < 1.29 is 19.4 Å². The zero-order valence-corrected chi connectivity index (χ0v) is 13.9. The van der Waals surface area contributed by atoms with Gasteiger partial charge in [0, 0.05) is 37.4 Å². The first kappa shape index (κ1) is 16.2. The normalized spacial score (nSPS) is 25.5. The highest BCUT2D eigenvalue weighted by Crippen LogP contribution is 2.34. The average molecular weight is 339 g/mol. The molecule has 2 amide bonds. The lowest BCUT2D eigenvalue weighted by Crippen LogP contribution is -2.37. The van der Waals surface area contributed by atoms with Gasteiger partial charge >= 0.3 is 12.0 Å². The highest BCUT2D eigenvalue weighted by atomic mass is 32.1. The van der Waals surface area contributed by atoms with E-state index in [-0.39, 0.29) is 12.6 Å². The lowest BCUT2D eigenvalue weighted by atomic mass is 9.90. The van der Waals surface area contributed by atoms with Gasteiger partial charge in [-0.1, -0.05) is 0 Å². The average Bonchev–Trinajstić information content (AvgIpc) is 3.16. The molecule has 2 fully saturated rings. The van der Waals surface area contributed by atoms with E-state index in [1.807, 2.05) is 6.20 Å². The van der Waals surface area contributed by atoms with Gasteiger partial charge in [-0.3, -0.25) is 10.1 Å². The summed E-state index contributed by atoms with van der Waals surface area (Å²) in [5.74, 6) is -0.405. The minimum atomic E-state index is -0.858. The number of carbonyl (C=O) groups excluding carboxylic acids is 1. The molecule has 3 rings (SSSR count). The third kappa shape index (κ3) is 3.48. The van der Waals surface area contributed by atoms with Gasteiger partial charge in [0.25, 0.3) is 0 Å². The number of urea groups is 1. The van der Waals surface area contributed by atoms with Gasteiger partial charge in [0.15, 0.2) is 5.13 Å².